The first kappa shape index (κ1) is 26.2. The Labute approximate surface area is 213 Å². The van der Waals surface area contributed by atoms with Crippen molar-refractivity contribution in [3.8, 4) is 0 Å². The molecule has 0 unspecified atom stereocenters. The molecule has 36 heavy (non-hydrogen) atoms. The highest BCUT2D eigenvalue weighted by Gasteiger charge is 2.51. The Balaban J connectivity index is 1.51. The van der Waals surface area contributed by atoms with Crippen LogP contribution in [0.3, 0.4) is 0 Å². The number of carbonyl (C=O) groups excluding carboxylic acids is 2. The third-order valence-corrected chi connectivity index (χ3v) is 9.47. The topological polar surface area (TPSA) is 111 Å². The quantitative estimate of drug-likeness (QED) is 0.505. The van der Waals surface area contributed by atoms with Gasteiger partial charge in [0, 0.05) is 28.5 Å². The van der Waals surface area contributed by atoms with E-state index in [0.29, 0.717) is 24.2 Å². The molecule has 3 N–H and O–H groups in total. The van der Waals surface area contributed by atoms with Gasteiger partial charge in [-0.3, -0.25) is 9.59 Å². The van der Waals surface area contributed by atoms with Gasteiger partial charge < -0.3 is 15.6 Å². The predicted molar refractivity (Wildman–Crippen MR) is 140 cm³/mol. The van der Waals surface area contributed by atoms with Gasteiger partial charge >= 0.3 is 0 Å². The van der Waals surface area contributed by atoms with Gasteiger partial charge in [0.1, 0.15) is 5.69 Å². The maximum absolute atomic E-state index is 13.8. The molecule has 2 heterocycles. The van der Waals surface area contributed by atoms with Gasteiger partial charge in [-0.2, -0.15) is 4.31 Å². The second-order valence-electron chi connectivity index (χ2n) is 11.1. The molecule has 2 amide bonds. The Morgan fingerprint density at radius 3 is 2.25 bits per heavy atom. The average Bonchev–Trinajstić information content (AvgIpc) is 3.22. The molecular formula is C27H36N4O4S. The van der Waals surface area contributed by atoms with Gasteiger partial charge in [-0.05, 0) is 108 Å². The molecule has 9 heteroatoms. The molecule has 2 aliphatic rings. The number of aromatic amines is 1. The number of amides is 2. The number of rotatable bonds is 6. The summed E-state index contributed by atoms with van der Waals surface area (Å²) in [4.78, 5) is 28.0. The molecule has 0 bridgehead atoms. The maximum atomic E-state index is 13.8. The first-order chi connectivity index (χ1) is 16.8. The Morgan fingerprint density at radius 1 is 1.06 bits per heavy atom. The Morgan fingerprint density at radius 2 is 1.67 bits per heavy atom. The second-order valence-corrected chi connectivity index (χ2v) is 12.9. The lowest BCUT2D eigenvalue weighted by Crippen LogP contribution is -2.65. The first-order valence-electron chi connectivity index (χ1n) is 12.4. The number of nitrogens with one attached hydrogen (secondary N) is 3. The van der Waals surface area contributed by atoms with Crippen LogP contribution in [0, 0.1) is 0 Å². The highest BCUT2D eigenvalue weighted by molar-refractivity contribution is 7.89. The lowest BCUT2D eigenvalue weighted by Gasteiger charge is -2.53. The number of carbonyl (C=O) groups is 2. The molecule has 1 aromatic carbocycles. The molecule has 1 aromatic heterocycles. The van der Waals surface area contributed by atoms with Crippen molar-refractivity contribution in [2.24, 2.45) is 0 Å². The summed E-state index contributed by atoms with van der Waals surface area (Å²) in [5.41, 5.74) is 1.90. The molecule has 1 aliphatic carbocycles. The number of aromatic nitrogens is 1. The van der Waals surface area contributed by atoms with Gasteiger partial charge in [-0.25, -0.2) is 8.42 Å². The predicted octanol–water partition coefficient (Wildman–Crippen LogP) is 4.16. The van der Waals surface area contributed by atoms with Gasteiger partial charge in [-0.1, -0.05) is 6.58 Å². The molecule has 0 saturated carbocycles. The lowest BCUT2D eigenvalue weighted by molar-refractivity contribution is -0.118. The molecule has 0 atom stereocenters. The molecule has 0 spiro atoms. The average molecular weight is 513 g/mol. The van der Waals surface area contributed by atoms with Crippen LogP contribution < -0.4 is 10.6 Å². The highest BCUT2D eigenvalue weighted by Crippen LogP contribution is 2.42. The van der Waals surface area contributed by atoms with Crippen molar-refractivity contribution in [1.82, 2.24) is 14.6 Å². The number of fused-ring (bicyclic) bond motifs is 1. The van der Waals surface area contributed by atoms with Crippen molar-refractivity contribution in [2.75, 3.05) is 5.32 Å². The summed E-state index contributed by atoms with van der Waals surface area (Å²) in [7, 11) is -3.85. The van der Waals surface area contributed by atoms with E-state index in [1.54, 1.807) is 16.4 Å². The molecule has 0 radical (unpaired) electrons. The van der Waals surface area contributed by atoms with E-state index in [2.05, 4.69) is 22.2 Å². The minimum atomic E-state index is -3.85. The molecule has 1 saturated heterocycles. The molecule has 1 aliphatic heterocycles. The van der Waals surface area contributed by atoms with Crippen molar-refractivity contribution in [1.29, 1.82) is 0 Å². The van der Waals surface area contributed by atoms with Crippen LogP contribution in [-0.4, -0.2) is 46.6 Å². The number of H-pyrrole nitrogens is 1. The molecular weight excluding hydrogens is 476 g/mol. The number of nitrogens with zero attached hydrogens (tertiary/aromatic N) is 1. The molecule has 8 nitrogen and oxygen atoms in total. The third-order valence-electron chi connectivity index (χ3n) is 7.13. The van der Waals surface area contributed by atoms with Crippen molar-refractivity contribution >= 4 is 27.5 Å². The summed E-state index contributed by atoms with van der Waals surface area (Å²) in [6.45, 7) is 11.0. The molecule has 4 rings (SSSR count). The smallest absolute Gasteiger partial charge is 0.272 e. The Kier molecular flexibility index (Phi) is 6.92. The zero-order valence-electron chi connectivity index (χ0n) is 21.5. The summed E-state index contributed by atoms with van der Waals surface area (Å²) in [6.07, 6.45) is 6.38. The number of aryl methyl sites for hydroxylation is 2. The van der Waals surface area contributed by atoms with Crippen molar-refractivity contribution in [3.05, 3.63) is 59.9 Å². The fourth-order valence-corrected chi connectivity index (χ4v) is 8.16. The van der Waals surface area contributed by atoms with Crippen LogP contribution in [-0.2, 0) is 27.7 Å². The van der Waals surface area contributed by atoms with Crippen LogP contribution in [0.25, 0.3) is 0 Å². The third kappa shape index (κ3) is 5.13. The van der Waals surface area contributed by atoms with Crippen LogP contribution in [0.1, 0.15) is 75.1 Å². The van der Waals surface area contributed by atoms with Crippen LogP contribution in [0.4, 0.5) is 5.69 Å². The first-order valence-corrected chi connectivity index (χ1v) is 13.9. The minimum absolute atomic E-state index is 0.158. The second kappa shape index (κ2) is 9.52. The number of sulfonamides is 1. The van der Waals surface area contributed by atoms with Gasteiger partial charge in [-0.15, -0.1) is 0 Å². The van der Waals surface area contributed by atoms with E-state index in [0.717, 1.165) is 31.4 Å². The van der Waals surface area contributed by atoms with Crippen molar-refractivity contribution in [3.63, 3.8) is 0 Å². The van der Waals surface area contributed by atoms with E-state index in [-0.39, 0.29) is 22.8 Å². The summed E-state index contributed by atoms with van der Waals surface area (Å²) in [5.74, 6) is -0.508. The van der Waals surface area contributed by atoms with Crippen LogP contribution in [0.15, 0.2) is 47.9 Å². The highest BCUT2D eigenvalue weighted by atomic mass is 32.2. The number of piperidine rings is 1. The lowest BCUT2D eigenvalue weighted by atomic mass is 9.79. The van der Waals surface area contributed by atoms with Gasteiger partial charge in [0.2, 0.25) is 15.9 Å². The summed E-state index contributed by atoms with van der Waals surface area (Å²) in [5, 5.41) is 5.79. The van der Waals surface area contributed by atoms with Crippen LogP contribution in [0.5, 0.6) is 0 Å². The normalized spacial score (nSPS) is 19.8. The van der Waals surface area contributed by atoms with Gasteiger partial charge in [0.15, 0.2) is 0 Å². The fraction of sp³-hybridized carbons (Fsp3) is 0.481. The van der Waals surface area contributed by atoms with Crippen molar-refractivity contribution < 1.29 is 18.0 Å². The van der Waals surface area contributed by atoms with Crippen LogP contribution in [0.2, 0.25) is 0 Å². The number of hydrogen-bond donors (Lipinski definition) is 3. The number of anilines is 1. The van der Waals surface area contributed by atoms with Gasteiger partial charge in [0.05, 0.1) is 4.90 Å². The largest absolute Gasteiger partial charge is 0.354 e. The summed E-state index contributed by atoms with van der Waals surface area (Å²) < 4.78 is 29.2. The summed E-state index contributed by atoms with van der Waals surface area (Å²) in [6, 6.07) is 8.04. The standard InChI is InChI=1S/C27H36N4O4S/c1-6-24(32)28-20-16-26(2,3)31(27(4,5)17-20)36(34,35)21-13-11-19(12-14-21)29-25(33)23-15-18-9-7-8-10-22(18)30-23/h6,11-15,20,30H,1,7-10,16-17H2,2-5H3,(H,28,32)(H,29,33). The van der Waals surface area contributed by atoms with Crippen molar-refractivity contribution in [2.45, 2.75) is 88.2 Å². The van der Waals surface area contributed by atoms with Gasteiger partial charge in [0.25, 0.3) is 5.91 Å². The van der Waals surface area contributed by atoms with E-state index in [1.165, 1.54) is 23.8 Å². The zero-order valence-corrected chi connectivity index (χ0v) is 22.3. The zero-order chi connectivity index (χ0) is 26.3. The Hall–Kier alpha value is -2.91. The molecule has 1 fully saturated rings. The molecule has 2 aromatic rings. The number of hydrogen-bond acceptors (Lipinski definition) is 4. The minimum Gasteiger partial charge on any atom is -0.354 e. The summed E-state index contributed by atoms with van der Waals surface area (Å²) >= 11 is 0. The fourth-order valence-electron chi connectivity index (χ4n) is 6.02. The van der Waals surface area contributed by atoms with E-state index >= 15 is 0 Å². The van der Waals surface area contributed by atoms with E-state index < -0.39 is 21.1 Å². The van der Waals surface area contributed by atoms with E-state index in [9.17, 15) is 18.0 Å². The van der Waals surface area contributed by atoms with E-state index in [1.807, 2.05) is 33.8 Å². The number of benzene rings is 1. The Bertz CT molecular complexity index is 1230. The monoisotopic (exact) mass is 512 g/mol. The molecule has 194 valence electrons. The van der Waals surface area contributed by atoms with E-state index in [4.69, 9.17) is 0 Å². The SMILES string of the molecule is C=CC(=O)NC1CC(C)(C)N(S(=O)(=O)c2ccc(NC(=O)c3cc4c([nH]3)CCCC4)cc2)C(C)(C)C1. The maximum Gasteiger partial charge on any atom is 0.272 e. The van der Waals surface area contributed by atoms with Crippen LogP contribution >= 0.6 is 0 Å².